The van der Waals surface area contributed by atoms with Crippen molar-refractivity contribution in [3.63, 3.8) is 0 Å². The van der Waals surface area contributed by atoms with Gasteiger partial charge in [-0.2, -0.15) is 0 Å². The fourth-order valence-electron chi connectivity index (χ4n) is 2.06. The van der Waals surface area contributed by atoms with Crippen LogP contribution in [0.1, 0.15) is 10.4 Å². The van der Waals surface area contributed by atoms with Gasteiger partial charge in [-0.3, -0.25) is 9.69 Å². The van der Waals surface area contributed by atoms with Gasteiger partial charge in [-0.1, -0.05) is 6.07 Å². The number of nitrogens with zero attached hydrogens (tertiary/aromatic N) is 2. The van der Waals surface area contributed by atoms with E-state index in [1.54, 1.807) is 4.90 Å². The minimum absolute atomic E-state index is 0.0896. The molecule has 1 aromatic carbocycles. The third-order valence-corrected chi connectivity index (χ3v) is 3.94. The molecule has 104 valence electrons. The van der Waals surface area contributed by atoms with E-state index in [2.05, 4.69) is 27.5 Å². The Bertz CT molecular complexity index is 433. The molecule has 1 aliphatic rings. The van der Waals surface area contributed by atoms with E-state index in [-0.39, 0.29) is 5.91 Å². The summed E-state index contributed by atoms with van der Waals surface area (Å²) in [6, 6.07) is 7.71. The summed E-state index contributed by atoms with van der Waals surface area (Å²) in [5.74, 6) is 0.0896. The van der Waals surface area contributed by atoms with Gasteiger partial charge in [0.05, 0.1) is 13.2 Å². The SMILES string of the molecule is CN(CCN1CCOCC1)C(=O)c1cccc(I)c1. The first-order chi connectivity index (χ1) is 9.16. The Morgan fingerprint density at radius 1 is 1.42 bits per heavy atom. The predicted octanol–water partition coefficient (Wildman–Crippen LogP) is 1.70. The summed E-state index contributed by atoms with van der Waals surface area (Å²) >= 11 is 2.23. The molecule has 2 rings (SSSR count). The molecule has 5 heteroatoms. The van der Waals surface area contributed by atoms with Gasteiger partial charge in [-0.05, 0) is 40.8 Å². The van der Waals surface area contributed by atoms with Gasteiger partial charge in [-0.15, -0.1) is 0 Å². The van der Waals surface area contributed by atoms with Crippen LogP contribution in [0.5, 0.6) is 0 Å². The number of likely N-dealkylation sites (N-methyl/N-ethyl adjacent to an activating group) is 1. The van der Waals surface area contributed by atoms with Crippen LogP contribution in [0.2, 0.25) is 0 Å². The van der Waals surface area contributed by atoms with Crippen LogP contribution in [0.15, 0.2) is 24.3 Å². The number of hydrogen-bond donors (Lipinski definition) is 0. The van der Waals surface area contributed by atoms with E-state index in [1.807, 2.05) is 31.3 Å². The van der Waals surface area contributed by atoms with Gasteiger partial charge in [0.25, 0.3) is 5.91 Å². The smallest absolute Gasteiger partial charge is 0.253 e. The molecule has 0 aliphatic carbocycles. The normalized spacial score (nSPS) is 16.3. The number of ether oxygens (including phenoxy) is 1. The molecule has 0 unspecified atom stereocenters. The molecule has 1 amide bonds. The van der Waals surface area contributed by atoms with Crippen LogP contribution in [-0.2, 0) is 4.74 Å². The number of amides is 1. The van der Waals surface area contributed by atoms with Crippen molar-refractivity contribution in [3.8, 4) is 0 Å². The fourth-order valence-corrected chi connectivity index (χ4v) is 2.60. The third-order valence-electron chi connectivity index (χ3n) is 3.27. The molecule has 19 heavy (non-hydrogen) atoms. The number of benzene rings is 1. The Labute approximate surface area is 127 Å². The molecule has 1 saturated heterocycles. The van der Waals surface area contributed by atoms with Crippen LogP contribution in [0.4, 0.5) is 0 Å². The third kappa shape index (κ3) is 4.43. The molecule has 1 heterocycles. The largest absolute Gasteiger partial charge is 0.379 e. The summed E-state index contributed by atoms with van der Waals surface area (Å²) in [5.41, 5.74) is 0.761. The summed E-state index contributed by atoms with van der Waals surface area (Å²) in [7, 11) is 1.86. The summed E-state index contributed by atoms with van der Waals surface area (Å²) < 4.78 is 6.40. The molecular formula is C14H19IN2O2. The van der Waals surface area contributed by atoms with Crippen LogP contribution >= 0.6 is 22.6 Å². The zero-order valence-corrected chi connectivity index (χ0v) is 13.3. The maximum Gasteiger partial charge on any atom is 0.253 e. The van der Waals surface area contributed by atoms with Crippen LogP contribution in [-0.4, -0.2) is 62.1 Å². The van der Waals surface area contributed by atoms with Crippen molar-refractivity contribution in [2.45, 2.75) is 0 Å². The maximum atomic E-state index is 12.2. The van der Waals surface area contributed by atoms with E-state index >= 15 is 0 Å². The van der Waals surface area contributed by atoms with Gasteiger partial charge < -0.3 is 9.64 Å². The van der Waals surface area contributed by atoms with Gasteiger partial charge in [0.15, 0.2) is 0 Å². The lowest BCUT2D eigenvalue weighted by Crippen LogP contribution is -2.41. The first-order valence-corrected chi connectivity index (χ1v) is 7.56. The molecule has 0 N–H and O–H groups in total. The van der Waals surface area contributed by atoms with Crippen molar-refractivity contribution in [1.29, 1.82) is 0 Å². The van der Waals surface area contributed by atoms with E-state index in [0.29, 0.717) is 0 Å². The van der Waals surface area contributed by atoms with E-state index in [0.717, 1.165) is 48.5 Å². The summed E-state index contributed by atoms with van der Waals surface area (Å²) in [4.78, 5) is 16.4. The van der Waals surface area contributed by atoms with E-state index in [4.69, 9.17) is 4.74 Å². The Hall–Kier alpha value is -0.660. The van der Waals surface area contributed by atoms with Gasteiger partial charge in [0.1, 0.15) is 0 Å². The number of carbonyl (C=O) groups excluding carboxylic acids is 1. The summed E-state index contributed by atoms with van der Waals surface area (Å²) in [6.07, 6.45) is 0. The second-order valence-corrected chi connectivity index (χ2v) is 5.94. The number of carbonyl (C=O) groups is 1. The Morgan fingerprint density at radius 3 is 2.84 bits per heavy atom. The van der Waals surface area contributed by atoms with Crippen molar-refractivity contribution < 1.29 is 9.53 Å². The molecule has 0 aromatic heterocycles. The molecule has 1 aromatic rings. The van der Waals surface area contributed by atoms with Crippen molar-refractivity contribution >= 4 is 28.5 Å². The maximum absolute atomic E-state index is 12.2. The standard InChI is InChI=1S/C14H19IN2O2/c1-16(5-6-17-7-9-19-10-8-17)14(18)12-3-2-4-13(15)11-12/h2-4,11H,5-10H2,1H3. The summed E-state index contributed by atoms with van der Waals surface area (Å²) in [6.45, 7) is 5.19. The number of rotatable bonds is 4. The highest BCUT2D eigenvalue weighted by Crippen LogP contribution is 2.10. The van der Waals surface area contributed by atoms with Crippen molar-refractivity contribution in [3.05, 3.63) is 33.4 Å². The van der Waals surface area contributed by atoms with Gasteiger partial charge in [0.2, 0.25) is 0 Å². The van der Waals surface area contributed by atoms with Gasteiger partial charge in [-0.25, -0.2) is 0 Å². The molecule has 0 radical (unpaired) electrons. The van der Waals surface area contributed by atoms with Crippen LogP contribution in [0, 0.1) is 3.57 Å². The summed E-state index contributed by atoms with van der Waals surface area (Å²) in [5, 5.41) is 0. The number of hydrogen-bond acceptors (Lipinski definition) is 3. The zero-order chi connectivity index (χ0) is 13.7. The average Bonchev–Trinajstić information content (AvgIpc) is 2.45. The second-order valence-electron chi connectivity index (χ2n) is 4.69. The fraction of sp³-hybridized carbons (Fsp3) is 0.500. The highest BCUT2D eigenvalue weighted by molar-refractivity contribution is 14.1. The minimum atomic E-state index is 0.0896. The number of morpholine rings is 1. The molecule has 0 atom stereocenters. The Kier molecular flexibility index (Phi) is 5.59. The first-order valence-electron chi connectivity index (χ1n) is 6.48. The minimum Gasteiger partial charge on any atom is -0.379 e. The second kappa shape index (κ2) is 7.21. The van der Waals surface area contributed by atoms with E-state index in [1.165, 1.54) is 0 Å². The zero-order valence-electron chi connectivity index (χ0n) is 11.1. The van der Waals surface area contributed by atoms with Crippen molar-refractivity contribution in [1.82, 2.24) is 9.80 Å². The first kappa shape index (κ1) is 14.7. The van der Waals surface area contributed by atoms with Crippen molar-refractivity contribution in [2.75, 3.05) is 46.4 Å². The van der Waals surface area contributed by atoms with Crippen LogP contribution < -0.4 is 0 Å². The molecule has 0 saturated carbocycles. The highest BCUT2D eigenvalue weighted by atomic mass is 127. The lowest BCUT2D eigenvalue weighted by Gasteiger charge is -2.28. The predicted molar refractivity (Wildman–Crippen MR) is 83.4 cm³/mol. The van der Waals surface area contributed by atoms with E-state index in [9.17, 15) is 4.79 Å². The lowest BCUT2D eigenvalue weighted by molar-refractivity contribution is 0.0338. The Morgan fingerprint density at radius 2 is 2.16 bits per heavy atom. The average molecular weight is 374 g/mol. The van der Waals surface area contributed by atoms with Crippen LogP contribution in [0.3, 0.4) is 0 Å². The van der Waals surface area contributed by atoms with Crippen molar-refractivity contribution in [2.24, 2.45) is 0 Å². The topological polar surface area (TPSA) is 32.8 Å². The van der Waals surface area contributed by atoms with Crippen LogP contribution in [0.25, 0.3) is 0 Å². The quantitative estimate of drug-likeness (QED) is 0.753. The molecular weight excluding hydrogens is 355 g/mol. The highest BCUT2D eigenvalue weighted by Gasteiger charge is 2.15. The molecule has 0 bridgehead atoms. The monoisotopic (exact) mass is 374 g/mol. The molecule has 0 spiro atoms. The lowest BCUT2D eigenvalue weighted by atomic mass is 10.2. The van der Waals surface area contributed by atoms with E-state index < -0.39 is 0 Å². The number of halogens is 1. The molecule has 1 fully saturated rings. The van der Waals surface area contributed by atoms with Gasteiger partial charge in [0, 0.05) is 42.4 Å². The molecule has 4 nitrogen and oxygen atoms in total. The van der Waals surface area contributed by atoms with Gasteiger partial charge >= 0.3 is 0 Å². The Balaban J connectivity index is 1.85. The molecule has 1 aliphatic heterocycles.